The van der Waals surface area contributed by atoms with Gasteiger partial charge in [0.2, 0.25) is 0 Å². The second-order valence-electron chi connectivity index (χ2n) is 6.97. The Morgan fingerprint density at radius 2 is 1.83 bits per heavy atom. The minimum Gasteiger partial charge on any atom is -0.465 e. The molecule has 0 aliphatic rings. The number of aryl methyl sites for hydroxylation is 1. The third kappa shape index (κ3) is 4.10. The molecule has 0 aliphatic carbocycles. The number of hydrogen-bond donors (Lipinski definition) is 0. The predicted octanol–water partition coefficient (Wildman–Crippen LogP) is 3.81. The second-order valence-corrected chi connectivity index (χ2v) is 6.97. The predicted molar refractivity (Wildman–Crippen MR) is 91.7 cm³/mol. The van der Waals surface area contributed by atoms with E-state index in [1.54, 1.807) is 0 Å². The summed E-state index contributed by atoms with van der Waals surface area (Å²) in [5, 5.41) is 0.877. The number of benzene rings is 1. The van der Waals surface area contributed by atoms with Crippen LogP contribution in [0.25, 0.3) is 10.9 Å². The number of carbonyl (C=O) groups is 2. The molecule has 0 N–H and O–H groups in total. The highest BCUT2D eigenvalue weighted by molar-refractivity contribution is 5.98. The highest BCUT2D eigenvalue weighted by Gasteiger charge is 2.22. The molecule has 0 bridgehead atoms. The largest absolute Gasteiger partial charge is 0.465 e. The quantitative estimate of drug-likeness (QED) is 0.798. The van der Waals surface area contributed by atoms with Gasteiger partial charge in [0, 0.05) is 5.39 Å². The lowest BCUT2D eigenvalue weighted by atomic mass is 9.92. The number of aromatic nitrogens is 1. The van der Waals surface area contributed by atoms with E-state index in [4.69, 9.17) is 9.47 Å². The molecule has 0 atom stereocenters. The van der Waals surface area contributed by atoms with E-state index in [9.17, 15) is 9.59 Å². The van der Waals surface area contributed by atoms with E-state index in [1.807, 2.05) is 52.0 Å². The molecular weight excluding hydrogens is 306 g/mol. The first-order valence-electron chi connectivity index (χ1n) is 7.85. The summed E-state index contributed by atoms with van der Waals surface area (Å²) in [6, 6.07) is 7.53. The van der Waals surface area contributed by atoms with Crippen LogP contribution in [0.15, 0.2) is 24.3 Å². The summed E-state index contributed by atoms with van der Waals surface area (Å²) in [4.78, 5) is 28.6. The monoisotopic (exact) mass is 329 g/mol. The topological polar surface area (TPSA) is 65.5 Å². The lowest BCUT2D eigenvalue weighted by molar-refractivity contribution is -0.147. The summed E-state index contributed by atoms with van der Waals surface area (Å²) in [7, 11) is 1.33. The number of ether oxygens (including phenoxy) is 2. The van der Waals surface area contributed by atoms with E-state index in [0.29, 0.717) is 17.7 Å². The van der Waals surface area contributed by atoms with E-state index >= 15 is 0 Å². The second kappa shape index (κ2) is 6.99. The van der Waals surface area contributed by atoms with Crippen molar-refractivity contribution < 1.29 is 19.1 Å². The van der Waals surface area contributed by atoms with E-state index < -0.39 is 5.97 Å². The molecule has 0 aliphatic heterocycles. The van der Waals surface area contributed by atoms with Gasteiger partial charge in [-0.15, -0.1) is 0 Å². The molecule has 24 heavy (non-hydrogen) atoms. The van der Waals surface area contributed by atoms with Crippen molar-refractivity contribution in [3.8, 4) is 0 Å². The van der Waals surface area contributed by atoms with Crippen LogP contribution < -0.4 is 0 Å². The first kappa shape index (κ1) is 17.9. The zero-order valence-corrected chi connectivity index (χ0v) is 14.8. The number of hydrogen-bond acceptors (Lipinski definition) is 5. The number of rotatable bonds is 4. The highest BCUT2D eigenvalue weighted by Crippen LogP contribution is 2.25. The lowest BCUT2D eigenvalue weighted by Crippen LogP contribution is -2.17. The van der Waals surface area contributed by atoms with Crippen LogP contribution in [-0.2, 0) is 20.9 Å². The summed E-state index contributed by atoms with van der Waals surface area (Å²) in [5.41, 5.74) is 2.15. The fraction of sp³-hybridized carbons (Fsp3) is 0.421. The number of carbonyl (C=O) groups excluding carboxylic acids is 2. The SMILES string of the molecule is COC(=O)c1c(COC(=O)CC(C)(C)C)nc2ccccc2c1C. The van der Waals surface area contributed by atoms with Gasteiger partial charge in [-0.3, -0.25) is 4.79 Å². The zero-order chi connectivity index (χ0) is 17.9. The maximum absolute atomic E-state index is 12.2. The average Bonchev–Trinajstić information content (AvgIpc) is 2.51. The number of fused-ring (bicyclic) bond motifs is 1. The minimum atomic E-state index is -0.479. The fourth-order valence-electron chi connectivity index (χ4n) is 2.55. The first-order chi connectivity index (χ1) is 11.2. The van der Waals surface area contributed by atoms with Gasteiger partial charge in [-0.25, -0.2) is 9.78 Å². The molecule has 0 spiro atoms. The molecular formula is C19H23NO4. The maximum Gasteiger partial charge on any atom is 0.340 e. The van der Waals surface area contributed by atoms with Crippen molar-refractivity contribution in [3.05, 3.63) is 41.1 Å². The first-order valence-corrected chi connectivity index (χ1v) is 7.85. The van der Waals surface area contributed by atoms with Gasteiger partial charge in [-0.1, -0.05) is 39.0 Å². The van der Waals surface area contributed by atoms with Crippen molar-refractivity contribution >= 4 is 22.8 Å². The minimum absolute atomic E-state index is 0.0506. The van der Waals surface area contributed by atoms with Gasteiger partial charge in [-0.05, 0) is 24.0 Å². The smallest absolute Gasteiger partial charge is 0.340 e. The van der Waals surface area contributed by atoms with E-state index in [-0.39, 0.29) is 18.0 Å². The van der Waals surface area contributed by atoms with Crippen LogP contribution in [0.5, 0.6) is 0 Å². The van der Waals surface area contributed by atoms with Crippen LogP contribution in [-0.4, -0.2) is 24.0 Å². The zero-order valence-electron chi connectivity index (χ0n) is 14.8. The van der Waals surface area contributed by atoms with Crippen molar-refractivity contribution in [1.29, 1.82) is 0 Å². The molecule has 2 aromatic rings. The normalized spacial score (nSPS) is 11.4. The Kier molecular flexibility index (Phi) is 5.22. The summed E-state index contributed by atoms with van der Waals surface area (Å²) in [5.74, 6) is -0.793. The Labute approximate surface area is 142 Å². The number of nitrogens with zero attached hydrogens (tertiary/aromatic N) is 1. The third-order valence-electron chi connectivity index (χ3n) is 3.66. The molecule has 0 saturated carbocycles. The molecule has 5 nitrogen and oxygen atoms in total. The van der Waals surface area contributed by atoms with Crippen LogP contribution in [0.2, 0.25) is 0 Å². The maximum atomic E-state index is 12.2. The standard InChI is InChI=1S/C19H23NO4/c1-12-13-8-6-7-9-14(13)20-15(17(12)18(22)23-5)11-24-16(21)10-19(2,3)4/h6-9H,10-11H2,1-5H3. The molecule has 1 heterocycles. The van der Waals surface area contributed by atoms with E-state index in [1.165, 1.54) is 7.11 Å². The van der Waals surface area contributed by atoms with Gasteiger partial charge < -0.3 is 9.47 Å². The van der Waals surface area contributed by atoms with Gasteiger partial charge in [0.1, 0.15) is 6.61 Å². The summed E-state index contributed by atoms with van der Waals surface area (Å²) in [6.07, 6.45) is 0.299. The molecule has 0 saturated heterocycles. The Morgan fingerprint density at radius 1 is 1.17 bits per heavy atom. The van der Waals surface area contributed by atoms with E-state index in [2.05, 4.69) is 4.98 Å². The molecule has 0 unspecified atom stereocenters. The lowest BCUT2D eigenvalue weighted by Gasteiger charge is -2.17. The average molecular weight is 329 g/mol. The fourth-order valence-corrected chi connectivity index (χ4v) is 2.55. The van der Waals surface area contributed by atoms with Gasteiger partial charge >= 0.3 is 11.9 Å². The van der Waals surface area contributed by atoms with Crippen molar-refractivity contribution in [3.63, 3.8) is 0 Å². The third-order valence-corrected chi connectivity index (χ3v) is 3.66. The van der Waals surface area contributed by atoms with Crippen molar-refractivity contribution in [2.75, 3.05) is 7.11 Å². The van der Waals surface area contributed by atoms with Gasteiger partial charge in [-0.2, -0.15) is 0 Å². The van der Waals surface area contributed by atoms with Crippen LogP contribution in [0.1, 0.15) is 48.8 Å². The Balaban J connectivity index is 2.37. The number of esters is 2. The Hall–Kier alpha value is -2.43. The molecule has 128 valence electrons. The van der Waals surface area contributed by atoms with Crippen LogP contribution in [0.4, 0.5) is 0 Å². The molecule has 0 amide bonds. The van der Waals surface area contributed by atoms with Crippen molar-refractivity contribution in [2.45, 2.75) is 40.7 Å². The molecule has 5 heteroatoms. The molecule has 0 fully saturated rings. The number of para-hydroxylation sites is 1. The molecule has 1 aromatic carbocycles. The summed E-state index contributed by atoms with van der Waals surface area (Å²) in [6.45, 7) is 7.69. The van der Waals surface area contributed by atoms with Gasteiger partial charge in [0.25, 0.3) is 0 Å². The summed E-state index contributed by atoms with van der Waals surface area (Å²) < 4.78 is 10.2. The van der Waals surface area contributed by atoms with E-state index in [0.717, 1.165) is 16.5 Å². The van der Waals surface area contributed by atoms with Crippen LogP contribution in [0.3, 0.4) is 0 Å². The van der Waals surface area contributed by atoms with Gasteiger partial charge in [0.15, 0.2) is 0 Å². The van der Waals surface area contributed by atoms with Crippen LogP contribution in [0, 0.1) is 12.3 Å². The number of methoxy groups -OCH3 is 1. The van der Waals surface area contributed by atoms with Gasteiger partial charge in [0.05, 0.1) is 30.3 Å². The van der Waals surface area contributed by atoms with Crippen molar-refractivity contribution in [1.82, 2.24) is 4.98 Å². The number of pyridine rings is 1. The molecule has 1 aromatic heterocycles. The highest BCUT2D eigenvalue weighted by atomic mass is 16.5. The summed E-state index contributed by atoms with van der Waals surface area (Å²) >= 11 is 0. The van der Waals surface area contributed by atoms with Crippen LogP contribution >= 0.6 is 0 Å². The Morgan fingerprint density at radius 3 is 2.46 bits per heavy atom. The molecule has 2 rings (SSSR count). The van der Waals surface area contributed by atoms with Crippen molar-refractivity contribution in [2.24, 2.45) is 5.41 Å². The Bertz CT molecular complexity index is 775. The molecule has 0 radical (unpaired) electrons.